The maximum Gasteiger partial charge on any atom is 0.0738 e. The highest BCUT2D eigenvalue weighted by atomic mass is 32.1. The molecule has 0 atom stereocenters. The van der Waals surface area contributed by atoms with Crippen molar-refractivity contribution in [1.82, 2.24) is 4.98 Å². The number of nitrogens with two attached hydrogens (primary N) is 1. The van der Waals surface area contributed by atoms with Gasteiger partial charge in [-0.15, -0.1) is 0 Å². The first kappa shape index (κ1) is 11.0. The van der Waals surface area contributed by atoms with Crippen LogP contribution in [0, 0.1) is 0 Å². The van der Waals surface area contributed by atoms with E-state index < -0.39 is 0 Å². The summed E-state index contributed by atoms with van der Waals surface area (Å²) in [6, 6.07) is 4.11. The van der Waals surface area contributed by atoms with E-state index in [2.05, 4.69) is 33.8 Å². The Hall–Kier alpha value is -1.55. The van der Waals surface area contributed by atoms with Crippen molar-refractivity contribution in [3.8, 4) is 0 Å². The zero-order valence-corrected chi connectivity index (χ0v) is 10.1. The van der Waals surface area contributed by atoms with E-state index in [1.54, 1.807) is 23.7 Å². The fraction of sp³-hybridized carbons (Fsp3) is 0.250. The average Bonchev–Trinajstić information content (AvgIpc) is 2.79. The number of hydrogen-bond acceptors (Lipinski definition) is 4. The molecule has 2 aromatic rings. The lowest BCUT2D eigenvalue weighted by Gasteiger charge is -2.20. The molecule has 2 aromatic heterocycles. The summed E-state index contributed by atoms with van der Waals surface area (Å²) in [5, 5.41) is 4.29. The van der Waals surface area contributed by atoms with Crippen LogP contribution in [0.25, 0.3) is 0 Å². The monoisotopic (exact) mass is 233 g/mol. The summed E-state index contributed by atoms with van der Waals surface area (Å²) in [6.07, 6.45) is 4.50. The highest BCUT2D eigenvalue weighted by Gasteiger charge is 2.04. The molecule has 0 radical (unpaired) electrons. The molecule has 0 aliphatic carbocycles. The zero-order chi connectivity index (χ0) is 11.4. The van der Waals surface area contributed by atoms with Crippen molar-refractivity contribution in [3.63, 3.8) is 0 Å². The van der Waals surface area contributed by atoms with Crippen molar-refractivity contribution in [2.45, 2.75) is 6.42 Å². The number of anilines is 2. The van der Waals surface area contributed by atoms with Gasteiger partial charge in [0, 0.05) is 19.8 Å². The Morgan fingerprint density at radius 2 is 2.31 bits per heavy atom. The molecule has 2 heterocycles. The first-order valence-corrected chi connectivity index (χ1v) is 6.13. The molecule has 2 N–H and O–H groups in total. The number of nitrogens with zero attached hydrogens (tertiary/aromatic N) is 2. The van der Waals surface area contributed by atoms with Crippen molar-refractivity contribution in [3.05, 3.63) is 40.8 Å². The van der Waals surface area contributed by atoms with Crippen molar-refractivity contribution >= 4 is 22.7 Å². The Labute approximate surface area is 99.5 Å². The summed E-state index contributed by atoms with van der Waals surface area (Å²) in [5.41, 5.74) is 9.03. The van der Waals surface area contributed by atoms with Gasteiger partial charge in [0.15, 0.2) is 0 Å². The van der Waals surface area contributed by atoms with Gasteiger partial charge in [-0.25, -0.2) is 0 Å². The number of aromatic nitrogens is 1. The zero-order valence-electron chi connectivity index (χ0n) is 9.26. The molecular formula is C12H15N3S. The van der Waals surface area contributed by atoms with E-state index in [1.165, 1.54) is 5.56 Å². The van der Waals surface area contributed by atoms with Crippen LogP contribution in [-0.2, 0) is 6.42 Å². The second-order valence-corrected chi connectivity index (χ2v) is 4.52. The van der Waals surface area contributed by atoms with Gasteiger partial charge < -0.3 is 10.6 Å². The minimum atomic E-state index is 0.732. The maximum atomic E-state index is 5.87. The van der Waals surface area contributed by atoms with Crippen molar-refractivity contribution in [2.75, 3.05) is 24.2 Å². The quantitative estimate of drug-likeness (QED) is 0.881. The van der Waals surface area contributed by atoms with Gasteiger partial charge >= 0.3 is 0 Å². The highest BCUT2D eigenvalue weighted by Crippen LogP contribution is 2.20. The van der Waals surface area contributed by atoms with E-state index in [0.29, 0.717) is 0 Å². The summed E-state index contributed by atoms with van der Waals surface area (Å²) in [7, 11) is 2.05. The summed E-state index contributed by atoms with van der Waals surface area (Å²) >= 11 is 1.74. The Kier molecular flexibility index (Phi) is 3.41. The summed E-state index contributed by atoms with van der Waals surface area (Å²) in [5.74, 6) is 0. The molecule has 4 heteroatoms. The molecule has 0 aliphatic rings. The third kappa shape index (κ3) is 2.52. The lowest BCUT2D eigenvalue weighted by Crippen LogP contribution is -2.21. The molecule has 0 saturated carbocycles. The summed E-state index contributed by atoms with van der Waals surface area (Å²) in [6.45, 7) is 0.963. The molecular weight excluding hydrogens is 218 g/mol. The normalized spacial score (nSPS) is 10.3. The first-order valence-electron chi connectivity index (χ1n) is 5.19. The van der Waals surface area contributed by atoms with Gasteiger partial charge in [-0.3, -0.25) is 4.98 Å². The van der Waals surface area contributed by atoms with Gasteiger partial charge in [-0.2, -0.15) is 11.3 Å². The van der Waals surface area contributed by atoms with Crippen LogP contribution in [0.1, 0.15) is 5.56 Å². The van der Waals surface area contributed by atoms with Crippen LogP contribution in [0.15, 0.2) is 35.3 Å². The van der Waals surface area contributed by atoms with E-state index in [4.69, 9.17) is 5.73 Å². The molecule has 0 bridgehead atoms. The molecule has 0 saturated heterocycles. The molecule has 0 amide bonds. The third-order valence-electron chi connectivity index (χ3n) is 2.56. The van der Waals surface area contributed by atoms with E-state index in [9.17, 15) is 0 Å². The molecule has 2 rings (SSSR count). The second-order valence-electron chi connectivity index (χ2n) is 3.74. The fourth-order valence-corrected chi connectivity index (χ4v) is 2.30. The summed E-state index contributed by atoms with van der Waals surface area (Å²) in [4.78, 5) is 6.15. The average molecular weight is 233 g/mol. The van der Waals surface area contributed by atoms with Crippen molar-refractivity contribution < 1.29 is 0 Å². The molecule has 3 nitrogen and oxygen atoms in total. The standard InChI is InChI=1S/C12H15N3S/c1-15(6-3-10-4-7-16-9-10)12-2-5-14-8-11(12)13/h2,4-5,7-9H,3,6,13H2,1H3. The topological polar surface area (TPSA) is 42.2 Å². The fourth-order valence-electron chi connectivity index (χ4n) is 1.60. The number of likely N-dealkylation sites (N-methyl/N-ethyl adjacent to an activating group) is 1. The Bertz CT molecular complexity index is 439. The molecule has 16 heavy (non-hydrogen) atoms. The third-order valence-corrected chi connectivity index (χ3v) is 3.29. The lowest BCUT2D eigenvalue weighted by molar-refractivity contribution is 0.879. The van der Waals surface area contributed by atoms with Crippen molar-refractivity contribution in [2.24, 2.45) is 0 Å². The largest absolute Gasteiger partial charge is 0.396 e. The van der Waals surface area contributed by atoms with Crippen LogP contribution >= 0.6 is 11.3 Å². The van der Waals surface area contributed by atoms with Gasteiger partial charge in [0.25, 0.3) is 0 Å². The highest BCUT2D eigenvalue weighted by molar-refractivity contribution is 7.07. The van der Waals surface area contributed by atoms with Crippen LogP contribution in [0.2, 0.25) is 0 Å². The number of pyridine rings is 1. The Balaban J connectivity index is 1.98. The molecule has 0 spiro atoms. The Morgan fingerprint density at radius 3 is 3.00 bits per heavy atom. The van der Waals surface area contributed by atoms with Crippen LogP contribution < -0.4 is 10.6 Å². The predicted molar refractivity (Wildman–Crippen MR) is 69.9 cm³/mol. The van der Waals surface area contributed by atoms with E-state index in [1.807, 2.05) is 6.07 Å². The van der Waals surface area contributed by atoms with E-state index in [0.717, 1.165) is 24.3 Å². The molecule has 0 aliphatic heterocycles. The van der Waals surface area contributed by atoms with Gasteiger partial charge in [-0.1, -0.05) is 0 Å². The van der Waals surface area contributed by atoms with Crippen LogP contribution in [0.4, 0.5) is 11.4 Å². The van der Waals surface area contributed by atoms with E-state index in [-0.39, 0.29) is 0 Å². The van der Waals surface area contributed by atoms with Gasteiger partial charge in [0.1, 0.15) is 0 Å². The second kappa shape index (κ2) is 4.99. The number of thiophene rings is 1. The van der Waals surface area contributed by atoms with Gasteiger partial charge in [0.05, 0.1) is 17.6 Å². The molecule has 0 unspecified atom stereocenters. The lowest BCUT2D eigenvalue weighted by atomic mass is 10.2. The van der Waals surface area contributed by atoms with Crippen LogP contribution in [0.3, 0.4) is 0 Å². The van der Waals surface area contributed by atoms with Gasteiger partial charge in [-0.05, 0) is 34.9 Å². The number of nitrogen functional groups attached to an aromatic ring is 1. The number of hydrogen-bond donors (Lipinski definition) is 1. The number of rotatable bonds is 4. The van der Waals surface area contributed by atoms with Crippen LogP contribution in [0.5, 0.6) is 0 Å². The Morgan fingerprint density at radius 1 is 1.44 bits per heavy atom. The van der Waals surface area contributed by atoms with Gasteiger partial charge in [0.2, 0.25) is 0 Å². The summed E-state index contributed by atoms with van der Waals surface area (Å²) < 4.78 is 0. The molecule has 0 fully saturated rings. The SMILES string of the molecule is CN(CCc1ccsc1)c1ccncc1N. The van der Waals surface area contributed by atoms with Crippen LogP contribution in [-0.4, -0.2) is 18.6 Å². The van der Waals surface area contributed by atoms with Crippen molar-refractivity contribution in [1.29, 1.82) is 0 Å². The first-order chi connectivity index (χ1) is 7.77. The molecule has 0 aromatic carbocycles. The minimum absolute atomic E-state index is 0.732. The smallest absolute Gasteiger partial charge is 0.0738 e. The van der Waals surface area contributed by atoms with E-state index >= 15 is 0 Å². The molecule has 84 valence electrons. The maximum absolute atomic E-state index is 5.87. The predicted octanol–water partition coefficient (Wildman–Crippen LogP) is 2.40. The minimum Gasteiger partial charge on any atom is -0.396 e.